The van der Waals surface area contributed by atoms with E-state index < -0.39 is 0 Å². The zero-order valence-electron chi connectivity index (χ0n) is 18.7. The van der Waals surface area contributed by atoms with Crippen molar-refractivity contribution in [2.75, 3.05) is 11.4 Å². The Labute approximate surface area is 179 Å². The van der Waals surface area contributed by atoms with Crippen LogP contribution in [0.5, 0.6) is 0 Å². The number of carbonyl (C=O) groups is 1. The molecule has 1 atom stereocenters. The molecule has 0 radical (unpaired) electrons. The van der Waals surface area contributed by atoms with Crippen molar-refractivity contribution >= 4 is 11.6 Å². The van der Waals surface area contributed by atoms with Gasteiger partial charge in [-0.05, 0) is 50.2 Å². The van der Waals surface area contributed by atoms with Gasteiger partial charge in [0.25, 0.3) is 0 Å². The standard InChI is InChI=1S/C24H33N5O/c1-19-7-6-8-20(2)22(19)29(23(30)21(3)28-16-12-26-18-28)14-10-24(4,5)9-13-27-15-11-25-17-27/h6-8,11-12,15-18,21H,9-10,13-14H2,1-5H3. The van der Waals surface area contributed by atoms with Gasteiger partial charge in [0.1, 0.15) is 6.04 Å². The molecule has 0 aliphatic rings. The smallest absolute Gasteiger partial charge is 0.249 e. The minimum atomic E-state index is -0.305. The summed E-state index contributed by atoms with van der Waals surface area (Å²) in [6.07, 6.45) is 12.9. The van der Waals surface area contributed by atoms with E-state index in [4.69, 9.17) is 0 Å². The van der Waals surface area contributed by atoms with Crippen LogP contribution in [0.15, 0.2) is 55.6 Å². The summed E-state index contributed by atoms with van der Waals surface area (Å²) in [7, 11) is 0. The topological polar surface area (TPSA) is 56.0 Å². The molecule has 1 amide bonds. The summed E-state index contributed by atoms with van der Waals surface area (Å²) in [5.74, 6) is 0.0933. The van der Waals surface area contributed by atoms with Crippen LogP contribution >= 0.6 is 0 Å². The molecule has 6 heteroatoms. The Morgan fingerprint density at radius 1 is 1.07 bits per heavy atom. The van der Waals surface area contributed by atoms with E-state index in [1.165, 1.54) is 0 Å². The van der Waals surface area contributed by atoms with Crippen molar-refractivity contribution in [1.29, 1.82) is 0 Å². The highest BCUT2D eigenvalue weighted by molar-refractivity contribution is 5.97. The normalized spacial score (nSPS) is 12.7. The first-order valence-electron chi connectivity index (χ1n) is 10.6. The quantitative estimate of drug-likeness (QED) is 0.512. The highest BCUT2D eigenvalue weighted by Crippen LogP contribution is 2.31. The fourth-order valence-corrected chi connectivity index (χ4v) is 3.81. The van der Waals surface area contributed by atoms with Crippen LogP contribution in [0.2, 0.25) is 0 Å². The van der Waals surface area contributed by atoms with E-state index in [9.17, 15) is 4.79 Å². The lowest BCUT2D eigenvalue weighted by Gasteiger charge is -2.33. The number of nitrogens with zero attached hydrogens (tertiary/aromatic N) is 5. The van der Waals surface area contributed by atoms with E-state index in [0.717, 1.165) is 36.2 Å². The minimum Gasteiger partial charge on any atom is -0.337 e. The van der Waals surface area contributed by atoms with E-state index >= 15 is 0 Å². The highest BCUT2D eigenvalue weighted by atomic mass is 16.2. The summed E-state index contributed by atoms with van der Waals surface area (Å²) >= 11 is 0. The predicted molar refractivity (Wildman–Crippen MR) is 120 cm³/mol. The van der Waals surface area contributed by atoms with E-state index in [0.29, 0.717) is 6.54 Å². The number of anilines is 1. The lowest BCUT2D eigenvalue weighted by Crippen LogP contribution is -2.39. The zero-order valence-corrected chi connectivity index (χ0v) is 18.7. The summed E-state index contributed by atoms with van der Waals surface area (Å²) in [4.78, 5) is 23.8. The van der Waals surface area contributed by atoms with Gasteiger partial charge in [-0.1, -0.05) is 32.0 Å². The molecular weight excluding hydrogens is 374 g/mol. The molecule has 0 bridgehead atoms. The van der Waals surface area contributed by atoms with Crippen molar-refractivity contribution in [3.05, 3.63) is 66.8 Å². The number of aromatic nitrogens is 4. The molecule has 0 fully saturated rings. The number of hydrogen-bond donors (Lipinski definition) is 0. The number of rotatable bonds is 9. The fourth-order valence-electron chi connectivity index (χ4n) is 3.81. The van der Waals surface area contributed by atoms with Gasteiger partial charge in [-0.25, -0.2) is 9.97 Å². The lowest BCUT2D eigenvalue weighted by atomic mass is 9.85. The fraction of sp³-hybridized carbons (Fsp3) is 0.458. The van der Waals surface area contributed by atoms with Crippen molar-refractivity contribution in [1.82, 2.24) is 19.1 Å². The Kier molecular flexibility index (Phi) is 6.75. The Hall–Kier alpha value is -2.89. The third-order valence-corrected chi connectivity index (χ3v) is 5.92. The van der Waals surface area contributed by atoms with Crippen LogP contribution in [-0.2, 0) is 11.3 Å². The van der Waals surface area contributed by atoms with Crippen molar-refractivity contribution in [3.63, 3.8) is 0 Å². The molecule has 1 aromatic carbocycles. The molecule has 0 saturated heterocycles. The highest BCUT2D eigenvalue weighted by Gasteiger charge is 2.28. The lowest BCUT2D eigenvalue weighted by molar-refractivity contribution is -0.121. The molecule has 6 nitrogen and oxygen atoms in total. The van der Waals surface area contributed by atoms with E-state index in [1.807, 2.05) is 47.4 Å². The molecular formula is C24H33N5O. The second kappa shape index (κ2) is 9.28. The van der Waals surface area contributed by atoms with Crippen molar-refractivity contribution < 1.29 is 4.79 Å². The van der Waals surface area contributed by atoms with Gasteiger partial charge in [0, 0.05) is 43.6 Å². The van der Waals surface area contributed by atoms with E-state index in [-0.39, 0.29) is 17.4 Å². The van der Waals surface area contributed by atoms with Crippen LogP contribution in [0.25, 0.3) is 0 Å². The first-order chi connectivity index (χ1) is 14.3. The summed E-state index contributed by atoms with van der Waals surface area (Å²) in [6, 6.07) is 5.90. The number of imidazole rings is 2. The van der Waals surface area contributed by atoms with Crippen LogP contribution in [-0.4, -0.2) is 31.6 Å². The first kappa shape index (κ1) is 21.8. The van der Waals surface area contributed by atoms with E-state index in [1.54, 1.807) is 12.5 Å². The second-order valence-corrected chi connectivity index (χ2v) is 8.88. The summed E-state index contributed by atoms with van der Waals surface area (Å²) in [5, 5.41) is 0. The minimum absolute atomic E-state index is 0.0933. The molecule has 0 saturated carbocycles. The maximum Gasteiger partial charge on any atom is 0.249 e. The molecule has 2 aromatic heterocycles. The second-order valence-electron chi connectivity index (χ2n) is 8.88. The molecule has 30 heavy (non-hydrogen) atoms. The predicted octanol–water partition coefficient (Wildman–Crippen LogP) is 4.80. The molecule has 0 aliphatic heterocycles. The largest absolute Gasteiger partial charge is 0.337 e. The summed E-state index contributed by atoms with van der Waals surface area (Å²) < 4.78 is 3.98. The Balaban J connectivity index is 1.79. The monoisotopic (exact) mass is 407 g/mol. The molecule has 0 spiro atoms. The Morgan fingerprint density at radius 2 is 1.73 bits per heavy atom. The van der Waals surface area contributed by atoms with Crippen LogP contribution in [0.1, 0.15) is 50.8 Å². The first-order valence-corrected chi connectivity index (χ1v) is 10.6. The molecule has 2 heterocycles. The SMILES string of the molecule is Cc1cccc(C)c1N(CCC(C)(C)CCn1ccnc1)C(=O)C(C)n1ccnc1. The summed E-state index contributed by atoms with van der Waals surface area (Å²) in [6.45, 7) is 12.3. The van der Waals surface area contributed by atoms with Gasteiger partial charge in [-0.3, -0.25) is 4.79 Å². The molecule has 160 valence electrons. The zero-order chi connectivity index (χ0) is 21.7. The number of benzene rings is 1. The number of hydrogen-bond acceptors (Lipinski definition) is 3. The van der Waals surface area contributed by atoms with Gasteiger partial charge in [0.05, 0.1) is 12.7 Å². The third-order valence-electron chi connectivity index (χ3n) is 5.92. The van der Waals surface area contributed by atoms with Gasteiger partial charge in [-0.15, -0.1) is 0 Å². The molecule has 0 aliphatic carbocycles. The number of carbonyl (C=O) groups excluding carboxylic acids is 1. The Bertz CT molecular complexity index is 924. The van der Waals surface area contributed by atoms with Gasteiger partial charge in [0.2, 0.25) is 5.91 Å². The van der Waals surface area contributed by atoms with Crippen LogP contribution in [0, 0.1) is 19.3 Å². The number of amides is 1. The van der Waals surface area contributed by atoms with Crippen LogP contribution in [0.4, 0.5) is 5.69 Å². The van der Waals surface area contributed by atoms with Crippen molar-refractivity contribution in [2.24, 2.45) is 5.41 Å². The molecule has 1 unspecified atom stereocenters. The molecule has 0 N–H and O–H groups in total. The van der Waals surface area contributed by atoms with Gasteiger partial charge in [0.15, 0.2) is 0 Å². The number of aryl methyl sites for hydroxylation is 3. The maximum absolute atomic E-state index is 13.6. The molecule has 3 rings (SSSR count). The van der Waals surface area contributed by atoms with Gasteiger partial charge >= 0.3 is 0 Å². The van der Waals surface area contributed by atoms with Crippen LogP contribution < -0.4 is 4.90 Å². The molecule has 3 aromatic rings. The number of para-hydroxylation sites is 1. The summed E-state index contributed by atoms with van der Waals surface area (Å²) in [5.41, 5.74) is 3.37. The van der Waals surface area contributed by atoms with Gasteiger partial charge in [-0.2, -0.15) is 0 Å². The van der Waals surface area contributed by atoms with Gasteiger partial charge < -0.3 is 14.0 Å². The van der Waals surface area contributed by atoms with Crippen LogP contribution in [0.3, 0.4) is 0 Å². The van der Waals surface area contributed by atoms with Crippen molar-refractivity contribution in [2.45, 2.75) is 60.0 Å². The third kappa shape index (κ3) is 5.17. The van der Waals surface area contributed by atoms with E-state index in [2.05, 4.69) is 54.4 Å². The van der Waals surface area contributed by atoms with Crippen molar-refractivity contribution in [3.8, 4) is 0 Å². The average Bonchev–Trinajstić information content (AvgIpc) is 3.41. The maximum atomic E-state index is 13.6. The Morgan fingerprint density at radius 3 is 2.33 bits per heavy atom. The average molecular weight is 408 g/mol.